The molecule has 1 atom stereocenters. The molecule has 1 heterocycles. The third kappa shape index (κ3) is 2.57. The minimum absolute atomic E-state index is 0.535. The van der Waals surface area contributed by atoms with E-state index < -0.39 is 0 Å². The van der Waals surface area contributed by atoms with E-state index >= 15 is 0 Å². The Bertz CT molecular complexity index is 348. The Labute approximate surface area is 102 Å². The SMILES string of the molecule is COCc1cccc(Cl)c1C1CCCNC1. The van der Waals surface area contributed by atoms with Crippen LogP contribution in [0.1, 0.15) is 29.9 Å². The minimum atomic E-state index is 0.535. The molecule has 1 fully saturated rings. The van der Waals surface area contributed by atoms with Crippen molar-refractivity contribution < 1.29 is 4.74 Å². The zero-order chi connectivity index (χ0) is 11.4. The van der Waals surface area contributed by atoms with Gasteiger partial charge in [-0.1, -0.05) is 23.7 Å². The highest BCUT2D eigenvalue weighted by atomic mass is 35.5. The van der Waals surface area contributed by atoms with Crippen LogP contribution in [0.2, 0.25) is 5.02 Å². The minimum Gasteiger partial charge on any atom is -0.380 e. The first-order valence-corrected chi connectivity index (χ1v) is 6.17. The molecule has 3 heteroatoms. The average molecular weight is 240 g/mol. The van der Waals surface area contributed by atoms with Gasteiger partial charge in [-0.15, -0.1) is 0 Å². The van der Waals surface area contributed by atoms with Crippen molar-refractivity contribution in [3.05, 3.63) is 34.3 Å². The lowest BCUT2D eigenvalue weighted by molar-refractivity contribution is 0.183. The second kappa shape index (κ2) is 5.67. The average Bonchev–Trinajstić information content (AvgIpc) is 2.31. The molecular formula is C13H18ClNO. The van der Waals surface area contributed by atoms with Gasteiger partial charge in [0.05, 0.1) is 6.61 Å². The summed E-state index contributed by atoms with van der Waals surface area (Å²) < 4.78 is 5.24. The highest BCUT2D eigenvalue weighted by Gasteiger charge is 2.20. The molecule has 2 rings (SSSR count). The number of benzene rings is 1. The van der Waals surface area contributed by atoms with Gasteiger partial charge in [0.2, 0.25) is 0 Å². The van der Waals surface area contributed by atoms with Crippen molar-refractivity contribution in [1.82, 2.24) is 5.32 Å². The predicted octanol–water partition coefficient (Wildman–Crippen LogP) is 2.95. The number of rotatable bonds is 3. The zero-order valence-electron chi connectivity index (χ0n) is 9.63. The van der Waals surface area contributed by atoms with E-state index in [2.05, 4.69) is 11.4 Å². The molecule has 1 saturated heterocycles. The molecule has 1 unspecified atom stereocenters. The molecule has 0 saturated carbocycles. The lowest BCUT2D eigenvalue weighted by Crippen LogP contribution is -2.29. The fourth-order valence-electron chi connectivity index (χ4n) is 2.42. The first kappa shape index (κ1) is 11.9. The lowest BCUT2D eigenvalue weighted by Gasteiger charge is -2.26. The highest BCUT2D eigenvalue weighted by Crippen LogP contribution is 2.32. The normalized spacial score (nSPS) is 21.0. The Kier molecular flexibility index (Phi) is 4.22. The van der Waals surface area contributed by atoms with Crippen molar-refractivity contribution in [1.29, 1.82) is 0 Å². The van der Waals surface area contributed by atoms with Crippen LogP contribution < -0.4 is 5.32 Å². The molecule has 0 spiro atoms. The summed E-state index contributed by atoms with van der Waals surface area (Å²) in [4.78, 5) is 0. The van der Waals surface area contributed by atoms with Gasteiger partial charge in [0.1, 0.15) is 0 Å². The number of methoxy groups -OCH3 is 1. The van der Waals surface area contributed by atoms with E-state index in [9.17, 15) is 0 Å². The molecule has 1 N–H and O–H groups in total. The van der Waals surface area contributed by atoms with Gasteiger partial charge in [-0.3, -0.25) is 0 Å². The second-order valence-corrected chi connectivity index (χ2v) is 4.70. The largest absolute Gasteiger partial charge is 0.380 e. The molecular weight excluding hydrogens is 222 g/mol. The van der Waals surface area contributed by atoms with Gasteiger partial charge >= 0.3 is 0 Å². The van der Waals surface area contributed by atoms with E-state index in [1.165, 1.54) is 24.0 Å². The van der Waals surface area contributed by atoms with Crippen LogP contribution in [0.3, 0.4) is 0 Å². The van der Waals surface area contributed by atoms with Crippen LogP contribution in [-0.2, 0) is 11.3 Å². The number of halogens is 1. The van der Waals surface area contributed by atoms with Crippen LogP contribution >= 0.6 is 11.6 Å². The number of hydrogen-bond acceptors (Lipinski definition) is 2. The molecule has 0 aromatic heterocycles. The fourth-order valence-corrected chi connectivity index (χ4v) is 2.77. The van der Waals surface area contributed by atoms with Crippen molar-refractivity contribution in [2.45, 2.75) is 25.4 Å². The van der Waals surface area contributed by atoms with Gasteiger partial charge < -0.3 is 10.1 Å². The molecule has 1 aromatic carbocycles. The van der Waals surface area contributed by atoms with Crippen LogP contribution in [-0.4, -0.2) is 20.2 Å². The maximum absolute atomic E-state index is 6.32. The van der Waals surface area contributed by atoms with Crippen LogP contribution in [0.5, 0.6) is 0 Å². The second-order valence-electron chi connectivity index (χ2n) is 4.29. The summed E-state index contributed by atoms with van der Waals surface area (Å²) >= 11 is 6.32. The van der Waals surface area contributed by atoms with E-state index in [4.69, 9.17) is 16.3 Å². The van der Waals surface area contributed by atoms with E-state index in [0.29, 0.717) is 12.5 Å². The molecule has 88 valence electrons. The van der Waals surface area contributed by atoms with Crippen molar-refractivity contribution in [3.63, 3.8) is 0 Å². The smallest absolute Gasteiger partial charge is 0.0716 e. The highest BCUT2D eigenvalue weighted by molar-refractivity contribution is 6.31. The molecule has 16 heavy (non-hydrogen) atoms. The van der Waals surface area contributed by atoms with E-state index in [0.717, 1.165) is 18.1 Å². The summed E-state index contributed by atoms with van der Waals surface area (Å²) in [6.45, 7) is 2.80. The third-order valence-corrected chi connectivity index (χ3v) is 3.48. The molecule has 1 aromatic rings. The summed E-state index contributed by atoms with van der Waals surface area (Å²) in [5.41, 5.74) is 2.50. The summed E-state index contributed by atoms with van der Waals surface area (Å²) in [6.07, 6.45) is 2.44. The number of hydrogen-bond donors (Lipinski definition) is 1. The van der Waals surface area contributed by atoms with E-state index in [-0.39, 0.29) is 0 Å². The van der Waals surface area contributed by atoms with Crippen molar-refractivity contribution in [2.75, 3.05) is 20.2 Å². The van der Waals surface area contributed by atoms with Gasteiger partial charge in [-0.25, -0.2) is 0 Å². The lowest BCUT2D eigenvalue weighted by atomic mass is 9.88. The molecule has 2 nitrogen and oxygen atoms in total. The molecule has 0 bridgehead atoms. The standard InChI is InChI=1S/C13H18ClNO/c1-16-9-11-4-2-6-12(14)13(11)10-5-3-7-15-8-10/h2,4,6,10,15H,3,5,7-9H2,1H3. The first-order valence-electron chi connectivity index (χ1n) is 5.80. The Morgan fingerprint density at radius 1 is 1.50 bits per heavy atom. The quantitative estimate of drug-likeness (QED) is 0.876. The Hall–Kier alpha value is -0.570. The monoisotopic (exact) mass is 239 g/mol. The summed E-state index contributed by atoms with van der Waals surface area (Å²) in [7, 11) is 1.73. The maximum atomic E-state index is 6.32. The van der Waals surface area contributed by atoms with Crippen molar-refractivity contribution in [2.24, 2.45) is 0 Å². The van der Waals surface area contributed by atoms with E-state index in [1.54, 1.807) is 7.11 Å². The fraction of sp³-hybridized carbons (Fsp3) is 0.538. The molecule has 0 amide bonds. The summed E-state index contributed by atoms with van der Waals surface area (Å²) in [5.74, 6) is 0.535. The maximum Gasteiger partial charge on any atom is 0.0716 e. The Morgan fingerprint density at radius 3 is 3.06 bits per heavy atom. The Balaban J connectivity index is 2.28. The van der Waals surface area contributed by atoms with Crippen LogP contribution in [0, 0.1) is 0 Å². The molecule has 0 aliphatic carbocycles. The zero-order valence-corrected chi connectivity index (χ0v) is 10.4. The number of nitrogens with one attached hydrogen (secondary N) is 1. The van der Waals surface area contributed by atoms with Crippen molar-refractivity contribution >= 4 is 11.6 Å². The number of piperidine rings is 1. The van der Waals surface area contributed by atoms with Gasteiger partial charge in [-0.2, -0.15) is 0 Å². The van der Waals surface area contributed by atoms with Crippen LogP contribution in [0.15, 0.2) is 18.2 Å². The van der Waals surface area contributed by atoms with Gasteiger partial charge in [0.15, 0.2) is 0 Å². The topological polar surface area (TPSA) is 21.3 Å². The van der Waals surface area contributed by atoms with Crippen molar-refractivity contribution in [3.8, 4) is 0 Å². The Morgan fingerprint density at radius 2 is 2.38 bits per heavy atom. The molecule has 1 aliphatic rings. The van der Waals surface area contributed by atoms with Gasteiger partial charge in [0, 0.05) is 18.7 Å². The summed E-state index contributed by atoms with van der Waals surface area (Å²) in [5, 5.41) is 4.31. The van der Waals surface area contributed by atoms with Gasteiger partial charge in [-0.05, 0) is 42.5 Å². The molecule has 0 radical (unpaired) electrons. The molecule has 1 aliphatic heterocycles. The van der Waals surface area contributed by atoms with E-state index in [1.807, 2.05) is 12.1 Å². The summed E-state index contributed by atoms with van der Waals surface area (Å²) in [6, 6.07) is 6.08. The number of ether oxygens (including phenoxy) is 1. The van der Waals surface area contributed by atoms with Crippen LogP contribution in [0.25, 0.3) is 0 Å². The third-order valence-electron chi connectivity index (χ3n) is 3.15. The van der Waals surface area contributed by atoms with Gasteiger partial charge in [0.25, 0.3) is 0 Å². The van der Waals surface area contributed by atoms with Crippen LogP contribution in [0.4, 0.5) is 0 Å². The predicted molar refractivity (Wildman–Crippen MR) is 67.0 cm³/mol. The first-order chi connectivity index (χ1) is 7.83.